The van der Waals surface area contributed by atoms with Crippen molar-refractivity contribution >= 4 is 39.5 Å². The molecule has 0 aliphatic heterocycles. The van der Waals surface area contributed by atoms with Gasteiger partial charge in [-0.2, -0.15) is 0 Å². The summed E-state index contributed by atoms with van der Waals surface area (Å²) in [5, 5.41) is 10.7. The Morgan fingerprint density at radius 1 is 0.255 bits per heavy atom. The van der Waals surface area contributed by atoms with Gasteiger partial charge in [0.05, 0.1) is 26.4 Å². The molecule has 17 nitrogen and oxygen atoms in total. The van der Waals surface area contributed by atoms with Gasteiger partial charge in [-0.05, 0) is 31.6 Å². The van der Waals surface area contributed by atoms with Gasteiger partial charge in [0.25, 0.3) is 0 Å². The topological polar surface area (TPSA) is 237 Å². The van der Waals surface area contributed by atoms with E-state index in [4.69, 9.17) is 37.0 Å². The molecule has 0 amide bonds. The van der Waals surface area contributed by atoms with E-state index in [1.165, 1.54) is 295 Å². The lowest BCUT2D eigenvalue weighted by atomic mass is 10.0. The van der Waals surface area contributed by atoms with Gasteiger partial charge < -0.3 is 33.8 Å². The Kier molecular flexibility index (Phi) is 78.2. The second-order valence-electron chi connectivity index (χ2n) is 31.8. The number of hydrogen-bond acceptors (Lipinski definition) is 15. The minimum absolute atomic E-state index is 0.108. The molecule has 0 aromatic carbocycles. The lowest BCUT2D eigenvalue weighted by Crippen LogP contribution is -2.30. The van der Waals surface area contributed by atoms with Crippen molar-refractivity contribution in [2.75, 3.05) is 39.6 Å². The molecule has 630 valence electrons. The zero-order chi connectivity index (χ0) is 77.6. The Hall–Kier alpha value is -1.94. The zero-order valence-corrected chi connectivity index (χ0v) is 71.4. The second-order valence-corrected chi connectivity index (χ2v) is 34.7. The van der Waals surface area contributed by atoms with Crippen molar-refractivity contribution in [3.8, 4) is 0 Å². The Bertz CT molecular complexity index is 2010. The predicted octanol–water partition coefficient (Wildman–Crippen LogP) is 26.8. The molecule has 0 heterocycles. The van der Waals surface area contributed by atoms with Crippen LogP contribution in [0.2, 0.25) is 0 Å². The van der Waals surface area contributed by atoms with Crippen LogP contribution < -0.4 is 0 Å². The van der Waals surface area contributed by atoms with Crippen LogP contribution in [-0.2, 0) is 65.4 Å². The minimum Gasteiger partial charge on any atom is -0.462 e. The van der Waals surface area contributed by atoms with E-state index in [9.17, 15) is 43.2 Å². The number of hydrogen-bond donors (Lipinski definition) is 3. The number of carbonyl (C=O) groups is 4. The van der Waals surface area contributed by atoms with Gasteiger partial charge in [-0.25, -0.2) is 9.13 Å². The van der Waals surface area contributed by atoms with Crippen molar-refractivity contribution in [1.82, 2.24) is 0 Å². The lowest BCUT2D eigenvalue weighted by Gasteiger charge is -2.21. The number of unbranched alkanes of at least 4 members (excludes halogenated alkanes) is 59. The number of phosphoric ester groups is 2. The third-order valence-electron chi connectivity index (χ3n) is 20.5. The Labute approximate surface area is 651 Å². The van der Waals surface area contributed by atoms with Crippen molar-refractivity contribution in [3.05, 3.63) is 0 Å². The molecule has 2 unspecified atom stereocenters. The van der Waals surface area contributed by atoms with Crippen LogP contribution in [0.4, 0.5) is 0 Å². The molecule has 0 saturated heterocycles. The number of carbonyl (C=O) groups excluding carboxylic acids is 4. The zero-order valence-electron chi connectivity index (χ0n) is 69.6. The van der Waals surface area contributed by atoms with Gasteiger partial charge >= 0.3 is 39.5 Å². The number of aliphatic hydroxyl groups is 1. The molecule has 0 rings (SSSR count). The van der Waals surface area contributed by atoms with Gasteiger partial charge in [-0.1, -0.05) is 420 Å². The highest BCUT2D eigenvalue weighted by molar-refractivity contribution is 7.47. The molecule has 5 atom stereocenters. The molecule has 0 aliphatic carbocycles. The molecule has 19 heteroatoms. The van der Waals surface area contributed by atoms with Crippen LogP contribution in [0.25, 0.3) is 0 Å². The summed E-state index contributed by atoms with van der Waals surface area (Å²) >= 11 is 0. The molecule has 106 heavy (non-hydrogen) atoms. The summed E-state index contributed by atoms with van der Waals surface area (Å²) in [6.07, 6.45) is 73.8. The van der Waals surface area contributed by atoms with Crippen molar-refractivity contribution in [1.29, 1.82) is 0 Å². The predicted molar refractivity (Wildman–Crippen MR) is 437 cm³/mol. The highest BCUT2D eigenvalue weighted by atomic mass is 31.2. The first-order chi connectivity index (χ1) is 51.5. The molecule has 0 fully saturated rings. The average molecular weight is 1550 g/mol. The van der Waals surface area contributed by atoms with E-state index >= 15 is 0 Å². The molecule has 0 aromatic heterocycles. The van der Waals surface area contributed by atoms with E-state index in [2.05, 4.69) is 34.6 Å². The summed E-state index contributed by atoms with van der Waals surface area (Å²) in [7, 11) is -9.93. The lowest BCUT2D eigenvalue weighted by molar-refractivity contribution is -0.161. The first kappa shape index (κ1) is 104. The van der Waals surface area contributed by atoms with Crippen LogP contribution in [0.1, 0.15) is 471 Å². The van der Waals surface area contributed by atoms with E-state index in [0.29, 0.717) is 25.7 Å². The number of aliphatic hydroxyl groups excluding tert-OH is 1. The summed E-state index contributed by atoms with van der Waals surface area (Å²) in [6.45, 7) is 7.36. The van der Waals surface area contributed by atoms with Crippen LogP contribution in [0.5, 0.6) is 0 Å². The Morgan fingerprint density at radius 2 is 0.434 bits per heavy atom. The number of esters is 4. The fourth-order valence-corrected chi connectivity index (χ4v) is 15.2. The maximum absolute atomic E-state index is 13.2. The maximum Gasteiger partial charge on any atom is 0.472 e. The van der Waals surface area contributed by atoms with Gasteiger partial charge in [0, 0.05) is 25.7 Å². The highest BCUT2D eigenvalue weighted by Gasteiger charge is 2.30. The van der Waals surface area contributed by atoms with Gasteiger partial charge in [0.2, 0.25) is 0 Å². The molecule has 0 saturated carbocycles. The normalized spacial score (nSPS) is 13.7. The molecule has 0 bridgehead atoms. The quantitative estimate of drug-likeness (QED) is 0.0222. The van der Waals surface area contributed by atoms with Crippen molar-refractivity contribution in [2.45, 2.75) is 490 Å². The van der Waals surface area contributed by atoms with E-state index in [1.54, 1.807) is 0 Å². The average Bonchev–Trinajstić information content (AvgIpc) is 0.903. The summed E-state index contributed by atoms with van der Waals surface area (Å²) in [4.78, 5) is 73.2. The summed E-state index contributed by atoms with van der Waals surface area (Å²) in [5.74, 6) is -1.31. The molecular formula is C87H170O17P2. The first-order valence-corrected chi connectivity index (χ1v) is 48.1. The van der Waals surface area contributed by atoms with Crippen LogP contribution in [0.15, 0.2) is 0 Å². The minimum atomic E-state index is -4.97. The summed E-state index contributed by atoms with van der Waals surface area (Å²) in [5.41, 5.74) is 0. The largest absolute Gasteiger partial charge is 0.472 e. The van der Waals surface area contributed by atoms with E-state index < -0.39 is 97.5 Å². The highest BCUT2D eigenvalue weighted by Crippen LogP contribution is 2.45. The molecule has 0 aromatic rings. The van der Waals surface area contributed by atoms with Gasteiger partial charge in [0.1, 0.15) is 19.3 Å². The third kappa shape index (κ3) is 80.1. The van der Waals surface area contributed by atoms with E-state index in [-0.39, 0.29) is 25.7 Å². The van der Waals surface area contributed by atoms with Gasteiger partial charge in [0.15, 0.2) is 12.2 Å². The standard InChI is InChI=1S/C87H170O17P2/c1-6-9-12-15-18-21-23-25-27-29-31-32-33-35-37-39-43-47-52-57-62-67-72-86(91)104-83(77-98-85(90)71-66-61-56-51-46-42-38-36-34-30-28-26-24-22-19-16-13-10-7-2)79-102-106(95,96)100-75-81(88)74-99-105(93,94)101-78-82(76-97-84(89)70-65-60-55-49-20-17-14-11-8-3)103-87(92)73-68-63-58-53-48-44-40-41-45-50-54-59-64-69-80(4)5/h80-83,88H,6-79H2,1-5H3,(H,93,94)(H,95,96)/t81-,82+,83+/m0/s1. The second kappa shape index (κ2) is 79.7. The number of ether oxygens (including phenoxy) is 4. The molecule has 0 aliphatic rings. The van der Waals surface area contributed by atoms with Gasteiger partial charge in [-0.15, -0.1) is 0 Å². The van der Waals surface area contributed by atoms with Crippen molar-refractivity contribution in [3.63, 3.8) is 0 Å². The van der Waals surface area contributed by atoms with Gasteiger partial charge in [-0.3, -0.25) is 37.3 Å². The Balaban J connectivity index is 5.20. The molecule has 3 N–H and O–H groups in total. The first-order valence-electron chi connectivity index (χ1n) is 45.1. The maximum atomic E-state index is 13.2. The van der Waals surface area contributed by atoms with Crippen LogP contribution in [0, 0.1) is 5.92 Å². The fourth-order valence-electron chi connectivity index (χ4n) is 13.6. The fraction of sp³-hybridized carbons (Fsp3) is 0.954. The third-order valence-corrected chi connectivity index (χ3v) is 22.4. The number of rotatable bonds is 87. The van der Waals surface area contributed by atoms with Crippen LogP contribution >= 0.6 is 15.6 Å². The van der Waals surface area contributed by atoms with E-state index in [0.717, 1.165) is 95.8 Å². The smallest absolute Gasteiger partial charge is 0.462 e. The molecule has 0 radical (unpaired) electrons. The SMILES string of the molecule is CCCCCCCCCCCCCCCCCCCCCCCCC(=O)O[C@H](COC(=O)CCCCCCCCCCCCCCCCCCCCC)COP(=O)(O)OC[C@@H](O)COP(=O)(O)OC[C@@H](COC(=O)CCCCCCCCCCC)OC(=O)CCCCCCCCCCCCCCCC(C)C. The van der Waals surface area contributed by atoms with Crippen LogP contribution in [-0.4, -0.2) is 96.7 Å². The Morgan fingerprint density at radius 3 is 0.642 bits per heavy atom. The van der Waals surface area contributed by atoms with Crippen molar-refractivity contribution in [2.24, 2.45) is 5.92 Å². The van der Waals surface area contributed by atoms with Crippen molar-refractivity contribution < 1.29 is 80.2 Å². The van der Waals surface area contributed by atoms with Crippen LogP contribution in [0.3, 0.4) is 0 Å². The monoisotopic (exact) mass is 1550 g/mol. The molecular weight excluding hydrogens is 1380 g/mol. The molecule has 0 spiro atoms. The summed E-state index contributed by atoms with van der Waals surface area (Å²) < 4.78 is 68.9. The van der Waals surface area contributed by atoms with E-state index in [1.807, 2.05) is 0 Å². The number of phosphoric acid groups is 2. The summed E-state index contributed by atoms with van der Waals surface area (Å²) in [6, 6.07) is 0.